The number of pyridine rings is 1. The van der Waals surface area contributed by atoms with Gasteiger partial charge in [-0.2, -0.15) is 0 Å². The van der Waals surface area contributed by atoms with Crippen molar-refractivity contribution in [2.45, 2.75) is 45.5 Å². The van der Waals surface area contributed by atoms with Crippen LogP contribution >= 0.6 is 11.6 Å². The molecular weight excluding hydrogens is 246 g/mol. The maximum Gasteiger partial charge on any atom is 0.127 e. The summed E-state index contributed by atoms with van der Waals surface area (Å²) in [5.41, 5.74) is 2.07. The van der Waals surface area contributed by atoms with Gasteiger partial charge < -0.3 is 4.57 Å². The van der Waals surface area contributed by atoms with Crippen LogP contribution in [0.15, 0.2) is 18.5 Å². The van der Waals surface area contributed by atoms with Gasteiger partial charge in [0.1, 0.15) is 11.3 Å². The fourth-order valence-electron chi connectivity index (χ4n) is 2.20. The molecule has 0 aliphatic rings. The first-order chi connectivity index (χ1) is 8.59. The van der Waals surface area contributed by atoms with Gasteiger partial charge in [-0.3, -0.25) is 4.98 Å². The molecule has 1 unspecified atom stereocenters. The van der Waals surface area contributed by atoms with Crippen molar-refractivity contribution in [1.29, 1.82) is 0 Å². The zero-order valence-corrected chi connectivity index (χ0v) is 12.0. The van der Waals surface area contributed by atoms with Gasteiger partial charge in [0.15, 0.2) is 0 Å². The van der Waals surface area contributed by atoms with Crippen LogP contribution in [0.5, 0.6) is 0 Å². The molecule has 0 bridgehead atoms. The second-order valence-corrected chi connectivity index (χ2v) is 5.79. The minimum Gasteiger partial charge on any atom is -0.327 e. The van der Waals surface area contributed by atoms with Crippen molar-refractivity contribution < 1.29 is 0 Å². The van der Waals surface area contributed by atoms with Gasteiger partial charge >= 0.3 is 0 Å². The molecular formula is C14H20ClN3. The van der Waals surface area contributed by atoms with Crippen LogP contribution < -0.4 is 0 Å². The van der Waals surface area contributed by atoms with Crippen LogP contribution in [0.1, 0.15) is 44.8 Å². The molecule has 0 radical (unpaired) electrons. The number of halogens is 1. The minimum atomic E-state index is -0.0727. The van der Waals surface area contributed by atoms with E-state index in [0.717, 1.165) is 35.7 Å². The number of hydrogen-bond acceptors (Lipinski definition) is 2. The third-order valence-corrected chi connectivity index (χ3v) is 3.29. The zero-order chi connectivity index (χ0) is 13.1. The molecule has 18 heavy (non-hydrogen) atoms. The highest BCUT2D eigenvalue weighted by molar-refractivity contribution is 6.20. The monoisotopic (exact) mass is 265 g/mol. The predicted molar refractivity (Wildman–Crippen MR) is 75.9 cm³/mol. The molecule has 0 saturated heterocycles. The molecule has 0 aliphatic heterocycles. The zero-order valence-electron chi connectivity index (χ0n) is 11.2. The molecule has 0 fully saturated rings. The van der Waals surface area contributed by atoms with Crippen molar-refractivity contribution in [1.82, 2.24) is 14.5 Å². The number of hydrogen-bond donors (Lipinski definition) is 0. The summed E-state index contributed by atoms with van der Waals surface area (Å²) in [5, 5.41) is -0.0727. The first-order valence-corrected chi connectivity index (χ1v) is 6.97. The summed E-state index contributed by atoms with van der Waals surface area (Å²) in [4.78, 5) is 8.69. The third kappa shape index (κ3) is 2.83. The van der Waals surface area contributed by atoms with Crippen LogP contribution in [0, 0.1) is 5.92 Å². The number of aromatic nitrogens is 3. The average Bonchev–Trinajstić information content (AvgIpc) is 2.68. The Kier molecular flexibility index (Phi) is 4.23. The number of aryl methyl sites for hydroxylation is 1. The van der Waals surface area contributed by atoms with E-state index in [1.54, 1.807) is 6.20 Å². The maximum absolute atomic E-state index is 6.22. The number of nitrogens with zero attached hydrogens (tertiary/aromatic N) is 3. The van der Waals surface area contributed by atoms with Crippen LogP contribution in [-0.2, 0) is 6.54 Å². The molecule has 0 N–H and O–H groups in total. The van der Waals surface area contributed by atoms with Gasteiger partial charge in [-0.15, -0.1) is 11.6 Å². The highest BCUT2D eigenvalue weighted by Gasteiger charge is 2.14. The summed E-state index contributed by atoms with van der Waals surface area (Å²) in [6, 6.07) is 2.01. The van der Waals surface area contributed by atoms with Crippen LogP contribution in [0.3, 0.4) is 0 Å². The fourth-order valence-corrected chi connectivity index (χ4v) is 2.36. The lowest BCUT2D eigenvalue weighted by molar-refractivity contribution is 0.509. The SMILES string of the molecule is CC(C)CCCn1c(C(C)Cl)nc2cnccc21. The van der Waals surface area contributed by atoms with E-state index in [1.807, 2.05) is 19.2 Å². The molecule has 3 nitrogen and oxygen atoms in total. The molecule has 0 aliphatic carbocycles. The lowest BCUT2D eigenvalue weighted by Gasteiger charge is -2.11. The van der Waals surface area contributed by atoms with Gasteiger partial charge in [-0.25, -0.2) is 4.98 Å². The molecule has 0 spiro atoms. The van der Waals surface area contributed by atoms with E-state index in [4.69, 9.17) is 11.6 Å². The number of fused-ring (bicyclic) bond motifs is 1. The first-order valence-electron chi connectivity index (χ1n) is 6.53. The van der Waals surface area contributed by atoms with E-state index < -0.39 is 0 Å². The standard InChI is InChI=1S/C14H20ClN3/c1-10(2)5-4-8-18-13-6-7-16-9-12(13)17-14(18)11(3)15/h6-7,9-11H,4-5,8H2,1-3H3. The summed E-state index contributed by atoms with van der Waals surface area (Å²) in [5.74, 6) is 1.68. The van der Waals surface area contributed by atoms with Crippen LogP contribution in [-0.4, -0.2) is 14.5 Å². The molecule has 0 aromatic carbocycles. The molecule has 2 rings (SSSR count). The van der Waals surface area contributed by atoms with Crippen molar-refractivity contribution in [2.75, 3.05) is 0 Å². The van der Waals surface area contributed by atoms with Gasteiger partial charge in [-0.1, -0.05) is 13.8 Å². The van der Waals surface area contributed by atoms with E-state index >= 15 is 0 Å². The Morgan fingerprint density at radius 2 is 2.11 bits per heavy atom. The number of rotatable bonds is 5. The summed E-state index contributed by atoms with van der Waals surface area (Å²) in [6.07, 6.45) is 5.99. The van der Waals surface area contributed by atoms with Crippen molar-refractivity contribution in [3.8, 4) is 0 Å². The lowest BCUT2D eigenvalue weighted by Crippen LogP contribution is -2.05. The fraction of sp³-hybridized carbons (Fsp3) is 0.571. The summed E-state index contributed by atoms with van der Waals surface area (Å²) in [6.45, 7) is 7.45. The molecule has 4 heteroatoms. The molecule has 2 aromatic rings. The average molecular weight is 266 g/mol. The minimum absolute atomic E-state index is 0.0727. The second kappa shape index (κ2) is 5.70. The topological polar surface area (TPSA) is 30.7 Å². The Balaban J connectivity index is 2.30. The summed E-state index contributed by atoms with van der Waals surface area (Å²) < 4.78 is 2.23. The quantitative estimate of drug-likeness (QED) is 0.760. The van der Waals surface area contributed by atoms with Crippen molar-refractivity contribution in [3.05, 3.63) is 24.3 Å². The van der Waals surface area contributed by atoms with Crippen molar-refractivity contribution >= 4 is 22.6 Å². The Labute approximate surface area is 113 Å². The largest absolute Gasteiger partial charge is 0.327 e. The predicted octanol–water partition coefficient (Wildman–Crippen LogP) is 4.17. The third-order valence-electron chi connectivity index (χ3n) is 3.10. The normalized spacial score (nSPS) is 13.4. The van der Waals surface area contributed by atoms with Gasteiger partial charge in [0.2, 0.25) is 0 Å². The molecule has 0 amide bonds. The molecule has 2 aromatic heterocycles. The van der Waals surface area contributed by atoms with Crippen LogP contribution in [0.25, 0.3) is 11.0 Å². The molecule has 98 valence electrons. The van der Waals surface area contributed by atoms with Gasteiger partial charge in [0.05, 0.1) is 17.1 Å². The van der Waals surface area contributed by atoms with Crippen LogP contribution in [0.4, 0.5) is 0 Å². The Morgan fingerprint density at radius 3 is 2.78 bits per heavy atom. The van der Waals surface area contributed by atoms with E-state index in [-0.39, 0.29) is 5.38 Å². The van der Waals surface area contributed by atoms with E-state index in [9.17, 15) is 0 Å². The first kappa shape index (κ1) is 13.3. The van der Waals surface area contributed by atoms with E-state index in [0.29, 0.717) is 0 Å². The maximum atomic E-state index is 6.22. The van der Waals surface area contributed by atoms with E-state index in [2.05, 4.69) is 28.4 Å². The van der Waals surface area contributed by atoms with Crippen LogP contribution in [0.2, 0.25) is 0 Å². The van der Waals surface area contributed by atoms with E-state index in [1.165, 1.54) is 6.42 Å². The lowest BCUT2D eigenvalue weighted by atomic mass is 10.1. The van der Waals surface area contributed by atoms with Gasteiger partial charge in [0, 0.05) is 12.7 Å². The Morgan fingerprint density at radius 1 is 1.33 bits per heavy atom. The molecule has 2 heterocycles. The highest BCUT2D eigenvalue weighted by Crippen LogP contribution is 2.24. The number of alkyl halides is 1. The highest BCUT2D eigenvalue weighted by atomic mass is 35.5. The Bertz CT molecular complexity index is 517. The Hall–Kier alpha value is -1.09. The van der Waals surface area contributed by atoms with Gasteiger partial charge in [-0.05, 0) is 31.7 Å². The summed E-state index contributed by atoms with van der Waals surface area (Å²) >= 11 is 6.22. The smallest absolute Gasteiger partial charge is 0.127 e. The molecule has 0 saturated carbocycles. The van der Waals surface area contributed by atoms with Crippen molar-refractivity contribution in [3.63, 3.8) is 0 Å². The molecule has 1 atom stereocenters. The summed E-state index contributed by atoms with van der Waals surface area (Å²) in [7, 11) is 0. The van der Waals surface area contributed by atoms with Gasteiger partial charge in [0.25, 0.3) is 0 Å². The van der Waals surface area contributed by atoms with Crippen molar-refractivity contribution in [2.24, 2.45) is 5.92 Å². The second-order valence-electron chi connectivity index (χ2n) is 5.14. The number of imidazole rings is 1.